The molecule has 1 aromatic rings. The quantitative estimate of drug-likeness (QED) is 0.769. The molecular formula is C11H15NO3. The van der Waals surface area contributed by atoms with E-state index in [2.05, 4.69) is 0 Å². The molecule has 0 saturated heterocycles. The fraction of sp³-hybridized carbons (Fsp3) is 0.364. The molecule has 0 atom stereocenters. The highest BCUT2D eigenvalue weighted by Gasteiger charge is 2.17. The van der Waals surface area contributed by atoms with E-state index in [0.717, 1.165) is 6.42 Å². The zero-order chi connectivity index (χ0) is 11.3. The van der Waals surface area contributed by atoms with Gasteiger partial charge in [-0.25, -0.2) is 5.06 Å². The molecule has 82 valence electrons. The first-order valence-corrected chi connectivity index (χ1v) is 4.84. The summed E-state index contributed by atoms with van der Waals surface area (Å²) >= 11 is 0. The van der Waals surface area contributed by atoms with Crippen molar-refractivity contribution in [3.63, 3.8) is 0 Å². The molecule has 1 N–H and O–H groups in total. The van der Waals surface area contributed by atoms with Gasteiger partial charge >= 0.3 is 0 Å². The molecule has 0 fully saturated rings. The standard InChI is InChI=1S/C11H15NO3/c1-3-8-12(15-2)11(14)9-6-4-5-7-10(9)13/h4-7,13H,3,8H2,1-2H3. The van der Waals surface area contributed by atoms with Crippen LogP contribution in [0.25, 0.3) is 0 Å². The molecule has 0 radical (unpaired) electrons. The van der Waals surface area contributed by atoms with Gasteiger partial charge in [-0.3, -0.25) is 9.63 Å². The second-order valence-corrected chi connectivity index (χ2v) is 3.11. The fourth-order valence-corrected chi connectivity index (χ4v) is 1.27. The third-order valence-electron chi connectivity index (χ3n) is 2.01. The summed E-state index contributed by atoms with van der Waals surface area (Å²) in [5.74, 6) is -0.349. The van der Waals surface area contributed by atoms with E-state index in [1.165, 1.54) is 18.2 Å². The average molecular weight is 209 g/mol. The Morgan fingerprint density at radius 1 is 1.47 bits per heavy atom. The Morgan fingerprint density at radius 3 is 2.67 bits per heavy atom. The van der Waals surface area contributed by atoms with Crippen molar-refractivity contribution < 1.29 is 14.7 Å². The molecule has 0 unspecified atom stereocenters. The summed E-state index contributed by atoms with van der Waals surface area (Å²) in [7, 11) is 1.44. The van der Waals surface area contributed by atoms with E-state index < -0.39 is 0 Å². The number of carbonyl (C=O) groups is 1. The zero-order valence-electron chi connectivity index (χ0n) is 8.93. The monoisotopic (exact) mass is 209 g/mol. The molecule has 0 aromatic heterocycles. The lowest BCUT2D eigenvalue weighted by atomic mass is 10.2. The van der Waals surface area contributed by atoms with Crippen molar-refractivity contribution in [2.75, 3.05) is 13.7 Å². The number of phenols is 1. The number of hydroxylamine groups is 2. The first-order chi connectivity index (χ1) is 7.20. The molecule has 0 aliphatic rings. The fourth-order valence-electron chi connectivity index (χ4n) is 1.27. The third kappa shape index (κ3) is 2.70. The minimum atomic E-state index is -0.322. The normalized spacial score (nSPS) is 10.0. The van der Waals surface area contributed by atoms with Gasteiger partial charge in [0.05, 0.1) is 12.7 Å². The summed E-state index contributed by atoms with van der Waals surface area (Å²) in [5.41, 5.74) is 0.257. The van der Waals surface area contributed by atoms with Crippen LogP contribution in [0.1, 0.15) is 23.7 Å². The highest BCUT2D eigenvalue weighted by atomic mass is 16.7. The summed E-state index contributed by atoms with van der Waals surface area (Å²) in [5, 5.41) is 10.7. The Bertz CT molecular complexity index is 338. The molecule has 0 aliphatic carbocycles. The van der Waals surface area contributed by atoms with Crippen LogP contribution in [0.2, 0.25) is 0 Å². The maximum atomic E-state index is 11.8. The van der Waals surface area contributed by atoms with Crippen LogP contribution in [-0.2, 0) is 4.84 Å². The van der Waals surface area contributed by atoms with Crippen LogP contribution in [0, 0.1) is 0 Å². The van der Waals surface area contributed by atoms with E-state index in [1.54, 1.807) is 18.2 Å². The van der Waals surface area contributed by atoms with E-state index in [-0.39, 0.29) is 17.2 Å². The third-order valence-corrected chi connectivity index (χ3v) is 2.01. The Balaban J connectivity index is 2.88. The second kappa shape index (κ2) is 5.36. The molecule has 0 bridgehead atoms. The Morgan fingerprint density at radius 2 is 2.13 bits per heavy atom. The van der Waals surface area contributed by atoms with Crippen molar-refractivity contribution in [2.24, 2.45) is 0 Å². The first kappa shape index (κ1) is 11.5. The summed E-state index contributed by atoms with van der Waals surface area (Å²) in [6, 6.07) is 6.42. The molecule has 0 heterocycles. The number of amides is 1. The zero-order valence-corrected chi connectivity index (χ0v) is 8.93. The highest BCUT2D eigenvalue weighted by Crippen LogP contribution is 2.17. The molecular weight excluding hydrogens is 194 g/mol. The van der Waals surface area contributed by atoms with Crippen LogP contribution in [0.3, 0.4) is 0 Å². The molecule has 0 saturated carbocycles. The van der Waals surface area contributed by atoms with Crippen LogP contribution in [0.4, 0.5) is 0 Å². The molecule has 0 aliphatic heterocycles. The predicted molar refractivity (Wildman–Crippen MR) is 56.4 cm³/mol. The smallest absolute Gasteiger partial charge is 0.281 e. The van der Waals surface area contributed by atoms with Crippen LogP contribution >= 0.6 is 0 Å². The van der Waals surface area contributed by atoms with E-state index >= 15 is 0 Å². The lowest BCUT2D eigenvalue weighted by Gasteiger charge is -2.19. The lowest BCUT2D eigenvalue weighted by Crippen LogP contribution is -2.30. The molecule has 4 nitrogen and oxygen atoms in total. The minimum absolute atomic E-state index is 0.0272. The summed E-state index contributed by atoms with van der Waals surface area (Å²) < 4.78 is 0. The van der Waals surface area contributed by atoms with Crippen molar-refractivity contribution in [1.29, 1.82) is 0 Å². The van der Waals surface area contributed by atoms with Crippen molar-refractivity contribution in [3.05, 3.63) is 29.8 Å². The number of hydrogen-bond donors (Lipinski definition) is 1. The van der Waals surface area contributed by atoms with E-state index in [9.17, 15) is 9.90 Å². The van der Waals surface area contributed by atoms with E-state index in [1.807, 2.05) is 6.92 Å². The number of phenolic OH excluding ortho intramolecular Hbond substituents is 1. The van der Waals surface area contributed by atoms with Crippen molar-refractivity contribution in [2.45, 2.75) is 13.3 Å². The van der Waals surface area contributed by atoms with Crippen molar-refractivity contribution >= 4 is 5.91 Å². The predicted octanol–water partition coefficient (Wildman–Crippen LogP) is 1.81. The highest BCUT2D eigenvalue weighted by molar-refractivity contribution is 5.96. The number of nitrogens with zero attached hydrogens (tertiary/aromatic N) is 1. The van der Waals surface area contributed by atoms with Gasteiger partial charge in [-0.1, -0.05) is 19.1 Å². The average Bonchev–Trinajstić information content (AvgIpc) is 2.25. The number of rotatable bonds is 4. The van der Waals surface area contributed by atoms with Crippen LogP contribution in [-0.4, -0.2) is 29.7 Å². The maximum Gasteiger partial charge on any atom is 0.281 e. The van der Waals surface area contributed by atoms with Crippen LogP contribution in [0.5, 0.6) is 5.75 Å². The van der Waals surface area contributed by atoms with Gasteiger partial charge in [-0.05, 0) is 18.6 Å². The Labute approximate surface area is 89.0 Å². The number of hydrogen-bond acceptors (Lipinski definition) is 3. The van der Waals surface area contributed by atoms with E-state index in [0.29, 0.717) is 6.54 Å². The summed E-state index contributed by atoms with van der Waals surface area (Å²) in [4.78, 5) is 16.8. The largest absolute Gasteiger partial charge is 0.507 e. The SMILES string of the molecule is CCCN(OC)C(=O)c1ccccc1O. The Kier molecular flexibility index (Phi) is 4.12. The molecule has 1 amide bonds. The topological polar surface area (TPSA) is 49.8 Å². The van der Waals surface area contributed by atoms with Gasteiger partial charge in [0.25, 0.3) is 5.91 Å². The van der Waals surface area contributed by atoms with Gasteiger partial charge in [0.1, 0.15) is 5.75 Å². The van der Waals surface area contributed by atoms with Gasteiger partial charge < -0.3 is 5.11 Å². The van der Waals surface area contributed by atoms with Gasteiger partial charge in [0.15, 0.2) is 0 Å². The maximum absolute atomic E-state index is 11.8. The molecule has 1 rings (SSSR count). The Hall–Kier alpha value is -1.55. The summed E-state index contributed by atoms with van der Waals surface area (Å²) in [6.07, 6.45) is 0.799. The van der Waals surface area contributed by atoms with Crippen molar-refractivity contribution in [3.8, 4) is 5.75 Å². The van der Waals surface area contributed by atoms with E-state index in [4.69, 9.17) is 4.84 Å². The number of benzene rings is 1. The van der Waals surface area contributed by atoms with Crippen LogP contribution < -0.4 is 0 Å². The molecule has 1 aromatic carbocycles. The lowest BCUT2D eigenvalue weighted by molar-refractivity contribution is -0.0949. The summed E-state index contributed by atoms with van der Waals surface area (Å²) in [6.45, 7) is 2.45. The number of aromatic hydroxyl groups is 1. The second-order valence-electron chi connectivity index (χ2n) is 3.11. The van der Waals surface area contributed by atoms with Crippen LogP contribution in [0.15, 0.2) is 24.3 Å². The molecule has 4 heteroatoms. The van der Waals surface area contributed by atoms with Crippen molar-refractivity contribution in [1.82, 2.24) is 5.06 Å². The minimum Gasteiger partial charge on any atom is -0.507 e. The number of para-hydroxylation sites is 1. The van der Waals surface area contributed by atoms with Gasteiger partial charge in [-0.15, -0.1) is 0 Å². The van der Waals surface area contributed by atoms with Gasteiger partial charge in [0, 0.05) is 6.54 Å². The van der Waals surface area contributed by atoms with Gasteiger partial charge in [-0.2, -0.15) is 0 Å². The molecule has 0 spiro atoms. The molecule has 15 heavy (non-hydrogen) atoms. The van der Waals surface area contributed by atoms with Gasteiger partial charge in [0.2, 0.25) is 0 Å². The first-order valence-electron chi connectivity index (χ1n) is 4.84. The number of carbonyl (C=O) groups excluding carboxylic acids is 1.